The maximum absolute atomic E-state index is 9.52. The fourth-order valence-electron chi connectivity index (χ4n) is 0.0745. The summed E-state index contributed by atoms with van der Waals surface area (Å²) in [6.45, 7) is 2.68. The van der Waals surface area contributed by atoms with Crippen LogP contribution in [0.2, 0.25) is 0 Å². The van der Waals surface area contributed by atoms with Gasteiger partial charge in [0.1, 0.15) is 0 Å². The van der Waals surface area contributed by atoms with Gasteiger partial charge in [0.2, 0.25) is 0 Å². The fraction of sp³-hybridized carbons (Fsp3) is 0.500. The van der Waals surface area contributed by atoms with Crippen molar-refractivity contribution in [3.8, 4) is 0 Å². The molecule has 12 heavy (non-hydrogen) atoms. The van der Waals surface area contributed by atoms with Gasteiger partial charge < -0.3 is 20.1 Å². The number of thiol groups is 1. The number of rotatable bonds is 3. The Bertz CT molecular complexity index is 131. The van der Waals surface area contributed by atoms with Crippen LogP contribution in [0, 0.1) is 0 Å². The van der Waals surface area contributed by atoms with Gasteiger partial charge in [-0.2, -0.15) is 0 Å². The number of hydrogen-bond donors (Lipinski definition) is 4. The molecular formula is C6H12O5S. The van der Waals surface area contributed by atoms with Gasteiger partial charge in [-0.15, -0.1) is 12.6 Å². The van der Waals surface area contributed by atoms with Gasteiger partial charge in [0.25, 0.3) is 0 Å². The van der Waals surface area contributed by atoms with Crippen molar-refractivity contribution in [1.29, 1.82) is 0 Å². The molecule has 0 aromatic heterocycles. The molecule has 0 aliphatic rings. The summed E-state index contributed by atoms with van der Waals surface area (Å²) in [5.41, 5.74) is 0. The van der Waals surface area contributed by atoms with Crippen LogP contribution in [0.4, 0.5) is 0 Å². The number of aliphatic carboxylic acids is 1. The summed E-state index contributed by atoms with van der Waals surface area (Å²) in [5, 5.41) is 24.0. The fourth-order valence-corrected chi connectivity index (χ4v) is 0.0745. The van der Waals surface area contributed by atoms with E-state index in [1.54, 1.807) is 0 Å². The Morgan fingerprint density at radius 1 is 1.75 bits per heavy atom. The molecule has 0 aliphatic heterocycles. The summed E-state index contributed by atoms with van der Waals surface area (Å²) < 4.78 is 4.20. The Hall–Kier alpha value is -0.560. The number of aliphatic hydroxyl groups excluding tert-OH is 2. The minimum Gasteiger partial charge on any atom is -0.477 e. The van der Waals surface area contributed by atoms with Gasteiger partial charge in [-0.1, -0.05) is 6.58 Å². The van der Waals surface area contributed by atoms with Crippen LogP contribution in [0.5, 0.6) is 0 Å². The average Bonchev–Trinajstić information content (AvgIpc) is 2.04. The Morgan fingerprint density at radius 3 is 2.08 bits per heavy atom. The van der Waals surface area contributed by atoms with Crippen molar-refractivity contribution in [3.05, 3.63) is 11.5 Å². The highest BCUT2D eigenvalue weighted by Crippen LogP contribution is 1.91. The number of carboxylic acids is 1. The van der Waals surface area contributed by atoms with Crippen molar-refractivity contribution < 1.29 is 24.9 Å². The largest absolute Gasteiger partial charge is 0.477 e. The Morgan fingerprint density at radius 2 is 2.08 bits per heavy atom. The second-order valence-electron chi connectivity index (χ2n) is 1.62. The highest BCUT2D eigenvalue weighted by atomic mass is 32.1. The normalized spacial score (nSPS) is 11.0. The van der Waals surface area contributed by atoms with Gasteiger partial charge in [-0.05, 0) is 0 Å². The second-order valence-corrected chi connectivity index (χ2v) is 2.16. The highest BCUT2D eigenvalue weighted by Gasteiger charge is 1.92. The van der Waals surface area contributed by atoms with Crippen LogP contribution in [0.3, 0.4) is 0 Å². The summed E-state index contributed by atoms with van der Waals surface area (Å²) in [7, 11) is 1.32. The lowest BCUT2D eigenvalue weighted by atomic mass is 10.7. The van der Waals surface area contributed by atoms with Gasteiger partial charge in [-0.25, -0.2) is 4.79 Å². The molecule has 5 nitrogen and oxygen atoms in total. The van der Waals surface area contributed by atoms with Crippen molar-refractivity contribution in [2.75, 3.05) is 13.7 Å². The molecular weight excluding hydrogens is 184 g/mol. The molecule has 0 aromatic rings. The number of methoxy groups -OCH3 is 1. The van der Waals surface area contributed by atoms with E-state index in [9.17, 15) is 4.79 Å². The molecule has 0 bridgehead atoms. The quantitative estimate of drug-likeness (QED) is 0.276. The third kappa shape index (κ3) is 12.1. The maximum Gasteiger partial charge on any atom is 0.341 e. The first-order valence-corrected chi connectivity index (χ1v) is 3.33. The van der Waals surface area contributed by atoms with Gasteiger partial charge >= 0.3 is 5.97 Å². The van der Waals surface area contributed by atoms with E-state index >= 15 is 0 Å². The van der Waals surface area contributed by atoms with Crippen LogP contribution in [0.1, 0.15) is 0 Å². The predicted octanol–water partition coefficient (Wildman–Crippen LogP) is -0.542. The van der Waals surface area contributed by atoms with Crippen molar-refractivity contribution in [2.24, 2.45) is 0 Å². The van der Waals surface area contributed by atoms with Crippen molar-refractivity contribution in [2.45, 2.75) is 6.29 Å². The molecule has 1 unspecified atom stereocenters. The minimum atomic E-state index is -1.07. The summed E-state index contributed by atoms with van der Waals surface area (Å²) in [4.78, 5) is 9.39. The number of aliphatic hydroxyl groups is 2. The van der Waals surface area contributed by atoms with Crippen LogP contribution in [0.15, 0.2) is 11.5 Å². The van der Waals surface area contributed by atoms with Crippen molar-refractivity contribution in [3.63, 3.8) is 0 Å². The Balaban J connectivity index is 0. The van der Waals surface area contributed by atoms with E-state index in [2.05, 4.69) is 23.9 Å². The van der Waals surface area contributed by atoms with Gasteiger partial charge in [-0.3, -0.25) is 0 Å². The molecule has 0 aromatic carbocycles. The molecule has 72 valence electrons. The first-order valence-electron chi connectivity index (χ1n) is 2.88. The lowest BCUT2D eigenvalue weighted by Crippen LogP contribution is -2.12. The average molecular weight is 196 g/mol. The van der Waals surface area contributed by atoms with E-state index in [1.165, 1.54) is 7.11 Å². The number of carbonyl (C=O) groups is 1. The SMILES string of the molecule is C=C(S)C(=O)O.COC(O)CO. The molecule has 1 atom stereocenters. The Labute approximate surface area is 75.7 Å². The molecule has 0 aliphatic carbocycles. The lowest BCUT2D eigenvalue weighted by molar-refractivity contribution is -0.131. The van der Waals surface area contributed by atoms with E-state index in [1.807, 2.05) is 0 Å². The van der Waals surface area contributed by atoms with Crippen LogP contribution in [0.25, 0.3) is 0 Å². The van der Waals surface area contributed by atoms with E-state index in [0.717, 1.165) is 0 Å². The molecule has 3 N–H and O–H groups in total. The van der Waals surface area contributed by atoms with Crippen LogP contribution in [-0.4, -0.2) is 41.3 Å². The van der Waals surface area contributed by atoms with Crippen molar-refractivity contribution in [1.82, 2.24) is 0 Å². The first kappa shape index (κ1) is 14.0. The minimum absolute atomic E-state index is 0.130. The number of carboxylic acid groups (broad SMARTS) is 1. The lowest BCUT2D eigenvalue weighted by Gasteiger charge is -1.99. The summed E-state index contributed by atoms with van der Waals surface area (Å²) in [5.74, 6) is -1.07. The van der Waals surface area contributed by atoms with Crippen LogP contribution < -0.4 is 0 Å². The van der Waals surface area contributed by atoms with Gasteiger partial charge in [0.05, 0.1) is 11.5 Å². The van der Waals surface area contributed by atoms with Gasteiger partial charge in [0.15, 0.2) is 6.29 Å². The van der Waals surface area contributed by atoms with E-state index < -0.39 is 12.3 Å². The van der Waals surface area contributed by atoms with Gasteiger partial charge in [0, 0.05) is 7.11 Å². The van der Waals surface area contributed by atoms with Crippen molar-refractivity contribution >= 4 is 18.6 Å². The third-order valence-corrected chi connectivity index (χ3v) is 0.866. The molecule has 0 radical (unpaired) electrons. The molecule has 0 heterocycles. The second kappa shape index (κ2) is 8.54. The number of hydrogen-bond acceptors (Lipinski definition) is 5. The molecule has 0 spiro atoms. The highest BCUT2D eigenvalue weighted by molar-refractivity contribution is 7.85. The Kier molecular flexibility index (Phi) is 9.95. The topological polar surface area (TPSA) is 87.0 Å². The summed E-state index contributed by atoms with van der Waals surface area (Å²) in [6, 6.07) is 0. The zero-order valence-corrected chi connectivity index (χ0v) is 7.49. The standard InChI is InChI=1S/C3H8O3.C3H4O2S/c1-6-3(5)2-4;1-2(6)3(4)5/h3-5H,2H2,1H3;6H,1H2,(H,4,5). The van der Waals surface area contributed by atoms with E-state index in [-0.39, 0.29) is 11.5 Å². The molecule has 0 saturated carbocycles. The summed E-state index contributed by atoms with van der Waals surface area (Å²) in [6.07, 6.45) is -1.01. The molecule has 0 rings (SSSR count). The van der Waals surface area contributed by atoms with E-state index in [0.29, 0.717) is 0 Å². The maximum atomic E-state index is 9.52. The first-order chi connectivity index (χ1) is 5.45. The molecule has 0 saturated heterocycles. The molecule has 0 amide bonds. The predicted molar refractivity (Wildman–Crippen MR) is 45.9 cm³/mol. The number of ether oxygens (including phenoxy) is 1. The summed E-state index contributed by atoms with van der Waals surface area (Å²) >= 11 is 3.40. The van der Waals surface area contributed by atoms with Crippen LogP contribution >= 0.6 is 12.6 Å². The molecule has 0 fully saturated rings. The third-order valence-electron chi connectivity index (χ3n) is 0.675. The zero-order valence-electron chi connectivity index (χ0n) is 6.60. The molecule has 6 heteroatoms. The van der Waals surface area contributed by atoms with Crippen LogP contribution in [-0.2, 0) is 9.53 Å². The van der Waals surface area contributed by atoms with E-state index in [4.69, 9.17) is 15.3 Å². The zero-order chi connectivity index (χ0) is 10.1. The smallest absolute Gasteiger partial charge is 0.341 e. The monoisotopic (exact) mass is 196 g/mol.